The fourth-order valence-electron chi connectivity index (χ4n) is 4.45. The zero-order valence-corrected chi connectivity index (χ0v) is 21.2. The van der Waals surface area contributed by atoms with Crippen LogP contribution in [-0.2, 0) is 14.0 Å². The molecule has 1 unspecified atom stereocenters. The minimum atomic E-state index is -2.66. The topological polar surface area (TPSA) is 47.6 Å². The monoisotopic (exact) mass is 451 g/mol. The van der Waals surface area contributed by atoms with Crippen molar-refractivity contribution in [3.63, 3.8) is 0 Å². The molecule has 1 aliphatic rings. The summed E-state index contributed by atoms with van der Waals surface area (Å²) in [7, 11) is -2.66. The number of rotatable bonds is 6. The summed E-state index contributed by atoms with van der Waals surface area (Å²) in [6, 6.07) is 21.0. The molecule has 1 N–H and O–H groups in total. The molecule has 0 spiro atoms. The van der Waals surface area contributed by atoms with Crippen LogP contribution in [0.3, 0.4) is 0 Å². The Morgan fingerprint density at radius 3 is 1.94 bits per heavy atom. The maximum absolute atomic E-state index is 12.9. The second-order valence-electron chi connectivity index (χ2n) is 10.5. The molecule has 2 aromatic rings. The SMILES string of the molecule is CC(C)(C)OC(=O)C1C=CCN[C@@H]1CO[Si](c1ccccc1)(c1ccccc1)C(C)(C)C. The van der Waals surface area contributed by atoms with Crippen LogP contribution in [0.1, 0.15) is 41.5 Å². The summed E-state index contributed by atoms with van der Waals surface area (Å²) in [6.45, 7) is 13.6. The van der Waals surface area contributed by atoms with Gasteiger partial charge < -0.3 is 14.5 Å². The van der Waals surface area contributed by atoms with Gasteiger partial charge in [-0.05, 0) is 36.2 Å². The van der Waals surface area contributed by atoms with Crippen LogP contribution in [0.15, 0.2) is 72.8 Å². The van der Waals surface area contributed by atoms with Crippen molar-refractivity contribution in [2.45, 2.75) is 58.2 Å². The van der Waals surface area contributed by atoms with Gasteiger partial charge in [0.05, 0.1) is 12.5 Å². The third-order valence-electron chi connectivity index (χ3n) is 5.85. The van der Waals surface area contributed by atoms with E-state index in [1.807, 2.05) is 45.1 Å². The van der Waals surface area contributed by atoms with Crippen molar-refractivity contribution in [1.82, 2.24) is 5.32 Å². The lowest BCUT2D eigenvalue weighted by molar-refractivity contribution is -0.159. The van der Waals surface area contributed by atoms with Crippen LogP contribution in [0.2, 0.25) is 5.04 Å². The highest BCUT2D eigenvalue weighted by atomic mass is 28.4. The summed E-state index contributed by atoms with van der Waals surface area (Å²) in [6.07, 6.45) is 3.96. The molecule has 5 heteroatoms. The lowest BCUT2D eigenvalue weighted by Crippen LogP contribution is -2.67. The molecule has 0 aromatic heterocycles. The van der Waals surface area contributed by atoms with Crippen LogP contribution >= 0.6 is 0 Å². The van der Waals surface area contributed by atoms with Crippen molar-refractivity contribution >= 4 is 24.7 Å². The lowest BCUT2D eigenvalue weighted by atomic mass is 9.97. The van der Waals surface area contributed by atoms with Crippen molar-refractivity contribution in [2.75, 3.05) is 13.2 Å². The number of nitrogens with one attached hydrogen (secondary N) is 1. The van der Waals surface area contributed by atoms with E-state index >= 15 is 0 Å². The van der Waals surface area contributed by atoms with Crippen molar-refractivity contribution in [3.8, 4) is 0 Å². The Labute approximate surface area is 194 Å². The van der Waals surface area contributed by atoms with Gasteiger partial charge in [-0.15, -0.1) is 0 Å². The van der Waals surface area contributed by atoms with Crippen molar-refractivity contribution in [2.24, 2.45) is 5.92 Å². The van der Waals surface area contributed by atoms with Gasteiger partial charge in [0.25, 0.3) is 8.32 Å². The maximum atomic E-state index is 12.9. The van der Waals surface area contributed by atoms with Crippen molar-refractivity contribution in [3.05, 3.63) is 72.8 Å². The fourth-order valence-corrected chi connectivity index (χ4v) is 9.03. The van der Waals surface area contributed by atoms with E-state index < -0.39 is 13.9 Å². The molecule has 0 aliphatic carbocycles. The summed E-state index contributed by atoms with van der Waals surface area (Å²) in [5, 5.41) is 5.83. The molecule has 1 heterocycles. The first-order chi connectivity index (χ1) is 15.0. The van der Waals surface area contributed by atoms with E-state index in [9.17, 15) is 4.79 Å². The van der Waals surface area contributed by atoms with E-state index in [-0.39, 0.29) is 23.0 Å². The third kappa shape index (κ3) is 5.40. The summed E-state index contributed by atoms with van der Waals surface area (Å²) < 4.78 is 12.8. The van der Waals surface area contributed by atoms with Crippen LogP contribution in [-0.4, -0.2) is 39.1 Å². The van der Waals surface area contributed by atoms with Gasteiger partial charge in [-0.25, -0.2) is 0 Å². The van der Waals surface area contributed by atoms with Gasteiger partial charge in [0, 0.05) is 12.6 Å². The minimum Gasteiger partial charge on any atom is -0.459 e. The standard InChI is InChI=1S/C27H37NO3Si/c1-26(2,3)31-25(29)23-18-13-19-28-24(23)20-30-32(27(4,5)6,21-14-9-7-10-15-21)22-16-11-8-12-17-22/h7-18,23-24,28H,19-20H2,1-6H3/t23?,24-/m1/s1. The highest BCUT2D eigenvalue weighted by Gasteiger charge is 2.50. The summed E-state index contributed by atoms with van der Waals surface area (Å²) >= 11 is 0. The predicted octanol–water partition coefficient (Wildman–Crippen LogP) is 4.05. The van der Waals surface area contributed by atoms with E-state index in [1.165, 1.54) is 10.4 Å². The third-order valence-corrected chi connectivity index (χ3v) is 10.9. The lowest BCUT2D eigenvalue weighted by Gasteiger charge is -2.44. The number of ether oxygens (including phenoxy) is 1. The van der Waals surface area contributed by atoms with Gasteiger partial charge in [-0.2, -0.15) is 0 Å². The summed E-state index contributed by atoms with van der Waals surface area (Å²) in [4.78, 5) is 12.9. The normalized spacial score (nSPS) is 19.6. The molecular weight excluding hydrogens is 414 g/mol. The average Bonchev–Trinajstić information content (AvgIpc) is 2.74. The Morgan fingerprint density at radius 2 is 1.47 bits per heavy atom. The Balaban J connectivity index is 1.97. The number of hydrogen-bond donors (Lipinski definition) is 1. The van der Waals surface area contributed by atoms with Crippen molar-refractivity contribution in [1.29, 1.82) is 0 Å². The maximum Gasteiger partial charge on any atom is 0.314 e. The molecule has 0 saturated heterocycles. The Bertz CT molecular complexity index is 874. The van der Waals surface area contributed by atoms with E-state index in [2.05, 4.69) is 74.6 Å². The second-order valence-corrected chi connectivity index (χ2v) is 14.8. The van der Waals surface area contributed by atoms with Gasteiger partial charge in [0.1, 0.15) is 5.60 Å². The molecule has 2 atom stereocenters. The summed E-state index contributed by atoms with van der Waals surface area (Å²) in [5.74, 6) is -0.585. The molecule has 0 fully saturated rings. The summed E-state index contributed by atoms with van der Waals surface area (Å²) in [5.41, 5.74) is -0.522. The molecule has 32 heavy (non-hydrogen) atoms. The zero-order chi connectivity index (χ0) is 23.4. The van der Waals surface area contributed by atoms with Crippen LogP contribution in [0, 0.1) is 5.92 Å². The van der Waals surface area contributed by atoms with Gasteiger partial charge in [0.15, 0.2) is 0 Å². The minimum absolute atomic E-state index is 0.109. The Morgan fingerprint density at radius 1 is 0.938 bits per heavy atom. The number of benzene rings is 2. The first-order valence-corrected chi connectivity index (χ1v) is 13.3. The first-order valence-electron chi connectivity index (χ1n) is 11.4. The van der Waals surface area contributed by atoms with Gasteiger partial charge in [0.2, 0.25) is 0 Å². The molecule has 172 valence electrons. The predicted molar refractivity (Wildman–Crippen MR) is 134 cm³/mol. The molecule has 4 nitrogen and oxygen atoms in total. The molecule has 0 amide bonds. The number of hydrogen-bond acceptors (Lipinski definition) is 4. The highest BCUT2D eigenvalue weighted by Crippen LogP contribution is 2.37. The quantitative estimate of drug-likeness (QED) is 0.409. The largest absolute Gasteiger partial charge is 0.459 e. The van der Waals surface area contributed by atoms with E-state index in [4.69, 9.17) is 9.16 Å². The van der Waals surface area contributed by atoms with Crippen LogP contribution in [0.4, 0.5) is 0 Å². The second kappa shape index (κ2) is 9.73. The average molecular weight is 452 g/mol. The smallest absolute Gasteiger partial charge is 0.314 e. The molecule has 0 radical (unpaired) electrons. The zero-order valence-electron chi connectivity index (χ0n) is 20.2. The van der Waals surface area contributed by atoms with Crippen LogP contribution in [0.5, 0.6) is 0 Å². The van der Waals surface area contributed by atoms with Crippen molar-refractivity contribution < 1.29 is 14.0 Å². The van der Waals surface area contributed by atoms with E-state index in [0.29, 0.717) is 13.2 Å². The van der Waals surface area contributed by atoms with Gasteiger partial charge >= 0.3 is 5.97 Å². The van der Waals surface area contributed by atoms with Gasteiger partial charge in [-0.3, -0.25) is 4.79 Å². The van der Waals surface area contributed by atoms with E-state index in [0.717, 1.165) is 0 Å². The number of carbonyl (C=O) groups excluding carboxylic acids is 1. The first kappa shape index (κ1) is 24.4. The van der Waals surface area contributed by atoms with Crippen LogP contribution in [0.25, 0.3) is 0 Å². The highest BCUT2D eigenvalue weighted by molar-refractivity contribution is 6.99. The fraction of sp³-hybridized carbons (Fsp3) is 0.444. The Kier molecular flexibility index (Phi) is 7.43. The van der Waals surface area contributed by atoms with Crippen LogP contribution < -0.4 is 15.7 Å². The number of esters is 1. The molecule has 0 bridgehead atoms. The molecular formula is C27H37NO3Si. The van der Waals surface area contributed by atoms with Gasteiger partial charge in [-0.1, -0.05) is 93.6 Å². The molecule has 3 rings (SSSR count). The molecule has 2 aromatic carbocycles. The molecule has 0 saturated carbocycles. The molecule has 1 aliphatic heterocycles. The Hall–Kier alpha value is -2.21. The number of carbonyl (C=O) groups is 1. The van der Waals surface area contributed by atoms with E-state index in [1.54, 1.807) is 0 Å².